The maximum Gasteiger partial charge on any atom is 0.0789 e. The van der Waals surface area contributed by atoms with Crippen molar-refractivity contribution in [2.24, 2.45) is 0 Å². The van der Waals surface area contributed by atoms with E-state index in [1.54, 1.807) is 13.8 Å². The molecule has 1 unspecified atom stereocenters. The summed E-state index contributed by atoms with van der Waals surface area (Å²) in [5, 5.41) is 13.3. The van der Waals surface area contributed by atoms with Gasteiger partial charge >= 0.3 is 0 Å². The predicted molar refractivity (Wildman–Crippen MR) is 75.2 cm³/mol. The number of aliphatic hydroxyl groups is 1. The number of nitrogens with one attached hydrogen (secondary N) is 1. The van der Waals surface area contributed by atoms with Gasteiger partial charge in [0.2, 0.25) is 0 Å². The van der Waals surface area contributed by atoms with Gasteiger partial charge in [-0.05, 0) is 51.1 Å². The molecule has 96 valence electrons. The van der Waals surface area contributed by atoms with Crippen molar-refractivity contribution in [2.75, 3.05) is 5.32 Å². The van der Waals surface area contributed by atoms with E-state index in [0.717, 1.165) is 11.4 Å². The Labute approximate surface area is 108 Å². The molecule has 2 N–H and O–H groups in total. The fourth-order valence-electron chi connectivity index (χ4n) is 1.69. The lowest BCUT2D eigenvalue weighted by Crippen LogP contribution is -2.39. The maximum absolute atomic E-state index is 9.93. The first-order valence-electron chi connectivity index (χ1n) is 6.19. The van der Waals surface area contributed by atoms with Crippen LogP contribution < -0.4 is 5.32 Å². The molecule has 0 amide bonds. The molecule has 18 heavy (non-hydrogen) atoms. The lowest BCUT2D eigenvalue weighted by Gasteiger charge is -2.27. The predicted octanol–water partition coefficient (Wildman–Crippen LogP) is 3.05. The van der Waals surface area contributed by atoms with E-state index in [9.17, 15) is 5.11 Å². The molecule has 1 atom stereocenters. The highest BCUT2D eigenvalue weighted by atomic mass is 16.3. The second kappa shape index (κ2) is 4.86. The van der Waals surface area contributed by atoms with Gasteiger partial charge in [-0.1, -0.05) is 6.07 Å². The third-order valence-electron chi connectivity index (χ3n) is 3.19. The molecule has 1 aromatic heterocycles. The summed E-state index contributed by atoms with van der Waals surface area (Å²) in [6.45, 7) is 5.59. The van der Waals surface area contributed by atoms with Gasteiger partial charge < -0.3 is 15.0 Å². The molecule has 3 nitrogen and oxygen atoms in total. The topological polar surface area (TPSA) is 37.2 Å². The van der Waals surface area contributed by atoms with E-state index in [1.807, 2.05) is 43.6 Å². The van der Waals surface area contributed by atoms with Gasteiger partial charge in [0.15, 0.2) is 0 Å². The molecule has 0 spiro atoms. The van der Waals surface area contributed by atoms with Crippen LogP contribution in [0.4, 0.5) is 5.69 Å². The monoisotopic (exact) mass is 244 g/mol. The standard InChI is InChI=1S/C15H20N2O/c1-12(15(2,3)18)16-13-7-6-8-14(11-13)17-9-4-5-10-17/h4-12,16,18H,1-3H3. The van der Waals surface area contributed by atoms with Crippen LogP contribution in [0.1, 0.15) is 20.8 Å². The molecule has 0 bridgehead atoms. The molecule has 3 heteroatoms. The van der Waals surface area contributed by atoms with Crippen molar-refractivity contribution in [1.29, 1.82) is 0 Å². The largest absolute Gasteiger partial charge is 0.388 e. The minimum Gasteiger partial charge on any atom is -0.388 e. The Balaban J connectivity index is 2.18. The van der Waals surface area contributed by atoms with Crippen molar-refractivity contribution in [2.45, 2.75) is 32.4 Å². The first-order valence-corrected chi connectivity index (χ1v) is 6.19. The highest BCUT2D eigenvalue weighted by Gasteiger charge is 2.21. The highest BCUT2D eigenvalue weighted by Crippen LogP contribution is 2.18. The number of hydrogen-bond acceptors (Lipinski definition) is 2. The van der Waals surface area contributed by atoms with E-state index < -0.39 is 5.60 Å². The lowest BCUT2D eigenvalue weighted by atomic mass is 10.0. The molecule has 0 radical (unpaired) electrons. The summed E-state index contributed by atoms with van der Waals surface area (Å²) in [6.07, 6.45) is 4.02. The van der Waals surface area contributed by atoms with Crippen LogP contribution in [0.5, 0.6) is 0 Å². The third kappa shape index (κ3) is 2.93. The van der Waals surface area contributed by atoms with Crippen LogP contribution in [0.25, 0.3) is 5.69 Å². The van der Waals surface area contributed by atoms with E-state index in [0.29, 0.717) is 0 Å². The Bertz CT molecular complexity index is 497. The molecular formula is C15H20N2O. The number of rotatable bonds is 4. The van der Waals surface area contributed by atoms with Gasteiger partial charge in [-0.25, -0.2) is 0 Å². The maximum atomic E-state index is 9.93. The normalized spacial score (nSPS) is 13.3. The summed E-state index contributed by atoms with van der Waals surface area (Å²) in [5.74, 6) is 0. The van der Waals surface area contributed by atoms with Crippen molar-refractivity contribution >= 4 is 5.69 Å². The molecule has 0 aliphatic rings. The number of hydrogen-bond donors (Lipinski definition) is 2. The smallest absolute Gasteiger partial charge is 0.0789 e. The van der Waals surface area contributed by atoms with Crippen LogP contribution in [-0.2, 0) is 0 Å². The van der Waals surface area contributed by atoms with E-state index in [4.69, 9.17) is 0 Å². The second-order valence-electron chi connectivity index (χ2n) is 5.16. The number of anilines is 1. The van der Waals surface area contributed by atoms with Crippen molar-refractivity contribution in [3.63, 3.8) is 0 Å². The third-order valence-corrected chi connectivity index (χ3v) is 3.19. The quantitative estimate of drug-likeness (QED) is 0.867. The molecule has 0 aliphatic heterocycles. The van der Waals surface area contributed by atoms with Crippen LogP contribution in [0.2, 0.25) is 0 Å². The molecule has 1 heterocycles. The second-order valence-corrected chi connectivity index (χ2v) is 5.16. The molecule has 0 saturated heterocycles. The zero-order valence-electron chi connectivity index (χ0n) is 11.1. The minimum atomic E-state index is -0.747. The zero-order valence-corrected chi connectivity index (χ0v) is 11.1. The average Bonchev–Trinajstić information content (AvgIpc) is 2.81. The van der Waals surface area contributed by atoms with Crippen LogP contribution in [0.3, 0.4) is 0 Å². The van der Waals surface area contributed by atoms with Gasteiger partial charge in [-0.15, -0.1) is 0 Å². The van der Waals surface area contributed by atoms with Crippen molar-refractivity contribution in [1.82, 2.24) is 4.57 Å². The molecule has 0 fully saturated rings. The molecule has 0 saturated carbocycles. The molecule has 2 rings (SSSR count). The van der Waals surface area contributed by atoms with Gasteiger partial charge in [-0.3, -0.25) is 0 Å². The Hall–Kier alpha value is -1.74. The molecule has 1 aromatic carbocycles. The van der Waals surface area contributed by atoms with Crippen LogP contribution >= 0.6 is 0 Å². The van der Waals surface area contributed by atoms with E-state index >= 15 is 0 Å². The molecule has 2 aromatic rings. The molecular weight excluding hydrogens is 224 g/mol. The Kier molecular flexibility index (Phi) is 3.43. The van der Waals surface area contributed by atoms with Crippen LogP contribution in [0.15, 0.2) is 48.8 Å². The van der Waals surface area contributed by atoms with Gasteiger partial charge in [-0.2, -0.15) is 0 Å². The average molecular weight is 244 g/mol. The van der Waals surface area contributed by atoms with E-state index in [2.05, 4.69) is 22.0 Å². The summed E-state index contributed by atoms with van der Waals surface area (Å²) in [7, 11) is 0. The Morgan fingerprint density at radius 2 is 1.83 bits per heavy atom. The van der Waals surface area contributed by atoms with Crippen molar-refractivity contribution in [3.8, 4) is 5.69 Å². The van der Waals surface area contributed by atoms with Crippen LogP contribution in [-0.4, -0.2) is 21.3 Å². The number of benzene rings is 1. The molecule has 0 aliphatic carbocycles. The van der Waals surface area contributed by atoms with Crippen LogP contribution in [0, 0.1) is 0 Å². The highest BCUT2D eigenvalue weighted by molar-refractivity contribution is 5.52. The van der Waals surface area contributed by atoms with Gasteiger partial charge in [0.1, 0.15) is 0 Å². The zero-order chi connectivity index (χ0) is 13.2. The van der Waals surface area contributed by atoms with Crippen molar-refractivity contribution in [3.05, 3.63) is 48.8 Å². The SMILES string of the molecule is CC(Nc1cccc(-n2cccc2)c1)C(C)(C)O. The first kappa shape index (κ1) is 12.7. The lowest BCUT2D eigenvalue weighted by molar-refractivity contribution is 0.0649. The number of nitrogens with zero attached hydrogens (tertiary/aromatic N) is 1. The summed E-state index contributed by atoms with van der Waals surface area (Å²) in [6, 6.07) is 12.1. The van der Waals surface area contributed by atoms with Gasteiger partial charge in [0, 0.05) is 23.8 Å². The summed E-state index contributed by atoms with van der Waals surface area (Å²) in [5.41, 5.74) is 1.37. The van der Waals surface area contributed by atoms with Gasteiger partial charge in [0.05, 0.1) is 11.6 Å². The van der Waals surface area contributed by atoms with Gasteiger partial charge in [0.25, 0.3) is 0 Å². The summed E-state index contributed by atoms with van der Waals surface area (Å²) < 4.78 is 2.06. The fraction of sp³-hybridized carbons (Fsp3) is 0.333. The van der Waals surface area contributed by atoms with E-state index in [-0.39, 0.29) is 6.04 Å². The van der Waals surface area contributed by atoms with Crippen molar-refractivity contribution < 1.29 is 5.11 Å². The number of aromatic nitrogens is 1. The fourth-order valence-corrected chi connectivity index (χ4v) is 1.69. The van der Waals surface area contributed by atoms with E-state index in [1.165, 1.54) is 0 Å². The first-order chi connectivity index (χ1) is 8.47. The summed E-state index contributed by atoms with van der Waals surface area (Å²) >= 11 is 0. The Morgan fingerprint density at radius 1 is 1.17 bits per heavy atom. The Morgan fingerprint density at radius 3 is 2.44 bits per heavy atom. The summed E-state index contributed by atoms with van der Waals surface area (Å²) in [4.78, 5) is 0. The minimum absolute atomic E-state index is 0.0163.